The summed E-state index contributed by atoms with van der Waals surface area (Å²) in [5.41, 5.74) is 0. The zero-order valence-corrected chi connectivity index (χ0v) is 11.2. The van der Waals surface area contributed by atoms with Gasteiger partial charge in [0.15, 0.2) is 0 Å². The minimum Gasteiger partial charge on any atom is -0.490 e. The van der Waals surface area contributed by atoms with Gasteiger partial charge in [0.05, 0.1) is 0 Å². The Labute approximate surface area is 109 Å². The number of carbonyl (C=O) groups is 1. The molecule has 1 atom stereocenters. The molecule has 0 saturated heterocycles. The maximum Gasteiger partial charge on any atom is 0.306 e. The van der Waals surface area contributed by atoms with Crippen LogP contribution in [0.1, 0.15) is 39.5 Å². The molecule has 0 heterocycles. The van der Waals surface area contributed by atoms with Crippen LogP contribution >= 0.6 is 0 Å². The van der Waals surface area contributed by atoms with Gasteiger partial charge in [0.25, 0.3) is 0 Å². The fourth-order valence-electron chi connectivity index (χ4n) is 1.57. The summed E-state index contributed by atoms with van der Waals surface area (Å²) in [6.45, 7) is 4.35. The van der Waals surface area contributed by atoms with Crippen LogP contribution in [0.15, 0.2) is 30.3 Å². The maximum absolute atomic E-state index is 11.5. The Morgan fingerprint density at radius 3 is 2.61 bits per heavy atom. The van der Waals surface area contributed by atoms with E-state index in [2.05, 4.69) is 6.92 Å². The van der Waals surface area contributed by atoms with Gasteiger partial charge in [-0.2, -0.15) is 0 Å². The van der Waals surface area contributed by atoms with Crippen LogP contribution in [0.25, 0.3) is 0 Å². The minimum absolute atomic E-state index is 0.132. The van der Waals surface area contributed by atoms with Crippen molar-refractivity contribution >= 4 is 5.97 Å². The molecule has 1 unspecified atom stereocenters. The summed E-state index contributed by atoms with van der Waals surface area (Å²) in [4.78, 5) is 11.5. The number of ether oxygens (including phenoxy) is 2. The zero-order chi connectivity index (χ0) is 13.2. The van der Waals surface area contributed by atoms with Gasteiger partial charge >= 0.3 is 5.97 Å². The Kier molecular flexibility index (Phi) is 6.92. The largest absolute Gasteiger partial charge is 0.490 e. The Balaban J connectivity index is 2.17. The second-order valence-corrected chi connectivity index (χ2v) is 4.38. The van der Waals surface area contributed by atoms with E-state index in [1.807, 2.05) is 37.3 Å². The third kappa shape index (κ3) is 6.28. The van der Waals surface area contributed by atoms with Gasteiger partial charge in [0, 0.05) is 6.42 Å². The molecule has 100 valence electrons. The van der Waals surface area contributed by atoms with E-state index in [0.717, 1.165) is 25.0 Å². The summed E-state index contributed by atoms with van der Waals surface area (Å²) in [6, 6.07) is 9.53. The lowest BCUT2D eigenvalue weighted by atomic mass is 10.2. The fourth-order valence-corrected chi connectivity index (χ4v) is 1.57. The van der Waals surface area contributed by atoms with Crippen molar-refractivity contribution in [1.29, 1.82) is 0 Å². The highest BCUT2D eigenvalue weighted by Gasteiger charge is 2.09. The predicted octanol–water partition coefficient (Wildman–Crippen LogP) is 3.58. The number of hydrogen-bond donors (Lipinski definition) is 0. The Hall–Kier alpha value is -1.51. The van der Waals surface area contributed by atoms with Crippen LogP contribution in [0.3, 0.4) is 0 Å². The highest BCUT2D eigenvalue weighted by atomic mass is 16.6. The van der Waals surface area contributed by atoms with Crippen molar-refractivity contribution in [2.75, 3.05) is 6.61 Å². The van der Waals surface area contributed by atoms with Crippen molar-refractivity contribution in [2.24, 2.45) is 0 Å². The van der Waals surface area contributed by atoms with Crippen LogP contribution in [-0.2, 0) is 9.53 Å². The normalized spacial score (nSPS) is 11.9. The van der Waals surface area contributed by atoms with Crippen LogP contribution in [-0.4, -0.2) is 18.7 Å². The summed E-state index contributed by atoms with van der Waals surface area (Å²) >= 11 is 0. The van der Waals surface area contributed by atoms with Crippen LogP contribution in [0.5, 0.6) is 5.75 Å². The SMILES string of the molecule is CCCCCC(=O)OC(C)COc1ccccc1. The van der Waals surface area contributed by atoms with Crippen molar-refractivity contribution < 1.29 is 14.3 Å². The topological polar surface area (TPSA) is 35.5 Å². The number of carbonyl (C=O) groups excluding carboxylic acids is 1. The number of hydrogen-bond acceptors (Lipinski definition) is 3. The summed E-state index contributed by atoms with van der Waals surface area (Å²) in [6.07, 6.45) is 3.38. The smallest absolute Gasteiger partial charge is 0.306 e. The third-order valence-electron chi connectivity index (χ3n) is 2.54. The van der Waals surface area contributed by atoms with Crippen molar-refractivity contribution in [2.45, 2.75) is 45.6 Å². The number of para-hydroxylation sites is 1. The molecule has 0 spiro atoms. The molecule has 0 amide bonds. The van der Waals surface area contributed by atoms with E-state index in [4.69, 9.17) is 9.47 Å². The molecular formula is C15H22O3. The van der Waals surface area contributed by atoms with Crippen LogP contribution in [0.2, 0.25) is 0 Å². The number of esters is 1. The standard InChI is InChI=1S/C15H22O3/c1-3-4-6-11-15(16)18-13(2)12-17-14-9-7-5-8-10-14/h5,7-10,13H,3-4,6,11-12H2,1-2H3. The molecule has 0 aliphatic heterocycles. The number of benzene rings is 1. The molecule has 0 saturated carbocycles. The first-order valence-electron chi connectivity index (χ1n) is 6.59. The Morgan fingerprint density at radius 2 is 1.94 bits per heavy atom. The lowest BCUT2D eigenvalue weighted by Crippen LogP contribution is -2.21. The van der Waals surface area contributed by atoms with E-state index in [0.29, 0.717) is 13.0 Å². The Morgan fingerprint density at radius 1 is 1.22 bits per heavy atom. The van der Waals surface area contributed by atoms with Crippen LogP contribution in [0.4, 0.5) is 0 Å². The van der Waals surface area contributed by atoms with Crippen molar-refractivity contribution in [1.82, 2.24) is 0 Å². The first-order valence-corrected chi connectivity index (χ1v) is 6.59. The fraction of sp³-hybridized carbons (Fsp3) is 0.533. The van der Waals surface area contributed by atoms with Gasteiger partial charge in [0.2, 0.25) is 0 Å². The lowest BCUT2D eigenvalue weighted by Gasteiger charge is -2.14. The van der Waals surface area contributed by atoms with Gasteiger partial charge in [-0.15, -0.1) is 0 Å². The molecule has 1 aromatic carbocycles. The van der Waals surface area contributed by atoms with Gasteiger partial charge in [-0.25, -0.2) is 0 Å². The van der Waals surface area contributed by atoms with E-state index in [1.165, 1.54) is 0 Å². The average molecular weight is 250 g/mol. The third-order valence-corrected chi connectivity index (χ3v) is 2.54. The molecule has 0 aromatic heterocycles. The highest BCUT2D eigenvalue weighted by Crippen LogP contribution is 2.09. The summed E-state index contributed by atoms with van der Waals surface area (Å²) < 4.78 is 10.8. The van der Waals surface area contributed by atoms with Crippen LogP contribution < -0.4 is 4.74 Å². The van der Waals surface area contributed by atoms with Gasteiger partial charge in [-0.1, -0.05) is 38.0 Å². The van der Waals surface area contributed by atoms with E-state index in [-0.39, 0.29) is 12.1 Å². The monoisotopic (exact) mass is 250 g/mol. The molecule has 3 nitrogen and oxygen atoms in total. The molecule has 18 heavy (non-hydrogen) atoms. The zero-order valence-electron chi connectivity index (χ0n) is 11.2. The van der Waals surface area contributed by atoms with Crippen molar-refractivity contribution in [3.05, 3.63) is 30.3 Å². The molecule has 3 heteroatoms. The molecule has 0 fully saturated rings. The second kappa shape index (κ2) is 8.56. The highest BCUT2D eigenvalue weighted by molar-refractivity contribution is 5.69. The van der Waals surface area contributed by atoms with Gasteiger partial charge in [-0.3, -0.25) is 4.79 Å². The second-order valence-electron chi connectivity index (χ2n) is 4.38. The molecule has 0 aliphatic carbocycles. The number of rotatable bonds is 8. The molecular weight excluding hydrogens is 228 g/mol. The van der Waals surface area contributed by atoms with Crippen molar-refractivity contribution in [3.63, 3.8) is 0 Å². The van der Waals surface area contributed by atoms with Gasteiger partial charge in [-0.05, 0) is 25.5 Å². The predicted molar refractivity (Wildman–Crippen MR) is 71.6 cm³/mol. The van der Waals surface area contributed by atoms with E-state index in [1.54, 1.807) is 0 Å². The van der Waals surface area contributed by atoms with Gasteiger partial charge in [0.1, 0.15) is 18.5 Å². The molecule has 0 radical (unpaired) electrons. The number of unbranched alkanes of at least 4 members (excludes halogenated alkanes) is 2. The Bertz CT molecular complexity index is 335. The van der Waals surface area contributed by atoms with Gasteiger partial charge < -0.3 is 9.47 Å². The summed E-state index contributed by atoms with van der Waals surface area (Å²) in [5.74, 6) is 0.666. The van der Waals surface area contributed by atoms with E-state index in [9.17, 15) is 4.79 Å². The first kappa shape index (κ1) is 14.6. The van der Waals surface area contributed by atoms with Crippen LogP contribution in [0, 0.1) is 0 Å². The molecule has 0 aliphatic rings. The summed E-state index contributed by atoms with van der Waals surface area (Å²) in [7, 11) is 0. The molecule has 0 bridgehead atoms. The quantitative estimate of drug-likeness (QED) is 0.522. The first-order chi connectivity index (χ1) is 8.72. The van der Waals surface area contributed by atoms with E-state index < -0.39 is 0 Å². The minimum atomic E-state index is -0.209. The van der Waals surface area contributed by atoms with Crippen molar-refractivity contribution in [3.8, 4) is 5.75 Å². The maximum atomic E-state index is 11.5. The lowest BCUT2D eigenvalue weighted by molar-refractivity contribution is -0.149. The average Bonchev–Trinajstić information content (AvgIpc) is 2.38. The van der Waals surface area contributed by atoms with E-state index >= 15 is 0 Å². The summed E-state index contributed by atoms with van der Waals surface area (Å²) in [5, 5.41) is 0. The molecule has 1 aromatic rings. The molecule has 0 N–H and O–H groups in total. The molecule has 1 rings (SSSR count).